The first-order valence-corrected chi connectivity index (χ1v) is 14.4. The van der Waals surface area contributed by atoms with Crippen LogP contribution in [0.1, 0.15) is 74.1 Å². The molecule has 0 fully saturated rings. The third kappa shape index (κ3) is 14.1. The van der Waals surface area contributed by atoms with Crippen LogP contribution in [0.15, 0.2) is 0 Å². The minimum atomic E-state index is -0.805. The Balaban J connectivity index is 5.32. The maximum atomic E-state index is 12.5. The summed E-state index contributed by atoms with van der Waals surface area (Å²) in [4.78, 5) is 38.1. The van der Waals surface area contributed by atoms with E-state index in [4.69, 9.17) is 14.2 Å². The summed E-state index contributed by atoms with van der Waals surface area (Å²) < 4.78 is 16.9. The maximum absolute atomic E-state index is 12.5. The number of halogens is 3. The Hall–Kier alpha value is -0.150. The van der Waals surface area contributed by atoms with Gasteiger partial charge >= 0.3 is 17.9 Å². The van der Waals surface area contributed by atoms with Crippen molar-refractivity contribution in [1.29, 1.82) is 0 Å². The molecule has 9 heteroatoms. The van der Waals surface area contributed by atoms with Crippen LogP contribution in [0.5, 0.6) is 0 Å². The van der Waals surface area contributed by atoms with Gasteiger partial charge in [0, 0.05) is 14.5 Å². The lowest BCUT2D eigenvalue weighted by atomic mass is 9.87. The van der Waals surface area contributed by atoms with Gasteiger partial charge in [0.25, 0.3) is 0 Å². The van der Waals surface area contributed by atoms with Crippen molar-refractivity contribution < 1.29 is 28.6 Å². The van der Waals surface area contributed by atoms with E-state index in [1.54, 1.807) is 0 Å². The lowest BCUT2D eigenvalue weighted by Crippen LogP contribution is -2.40. The minimum absolute atomic E-state index is 0.0103. The Labute approximate surface area is 225 Å². The van der Waals surface area contributed by atoms with Crippen LogP contribution < -0.4 is 0 Å². The largest absolute Gasteiger partial charge is 0.465 e. The van der Waals surface area contributed by atoms with Gasteiger partial charge in [0.05, 0.1) is 23.2 Å². The summed E-state index contributed by atoms with van der Waals surface area (Å²) in [6.07, 6.45) is 2.45. The summed E-state index contributed by atoms with van der Waals surface area (Å²) in [5, 5.41) is 0. The number of esters is 3. The van der Waals surface area contributed by atoms with Crippen molar-refractivity contribution in [3.63, 3.8) is 0 Å². The molecule has 0 aromatic carbocycles. The SMILES string of the molecule is CCC(COC(=O)C(C)CC(C)Br)(COC(=O)C(C)CC(C)Br)COC(=O)C(C)CC(C)Br. The topological polar surface area (TPSA) is 78.9 Å². The van der Waals surface area contributed by atoms with Crippen LogP contribution in [0.3, 0.4) is 0 Å². The van der Waals surface area contributed by atoms with E-state index in [9.17, 15) is 14.4 Å². The van der Waals surface area contributed by atoms with E-state index in [-0.39, 0.29) is 70.0 Å². The fraction of sp³-hybridized carbons (Fsp3) is 0.875. The Kier molecular flexibility index (Phi) is 16.4. The molecular formula is C24H41Br3O6. The number of hydrogen-bond acceptors (Lipinski definition) is 6. The molecular weight excluding hydrogens is 624 g/mol. The standard InChI is InChI=1S/C24H41Br3O6/c1-8-24(12-31-21(28)15(2)9-18(5)25,13-32-22(29)16(3)10-19(6)26)14-33-23(30)17(4)11-20(7)27/h15-20H,8-14H2,1-7H3. The van der Waals surface area contributed by atoms with Crippen LogP contribution in [0.25, 0.3) is 0 Å². The fourth-order valence-corrected chi connectivity index (χ4v) is 4.96. The maximum Gasteiger partial charge on any atom is 0.308 e. The summed E-state index contributed by atoms with van der Waals surface area (Å²) in [5.41, 5.74) is -0.805. The first-order valence-electron chi connectivity index (χ1n) is 11.6. The highest BCUT2D eigenvalue weighted by Crippen LogP contribution is 2.27. The van der Waals surface area contributed by atoms with E-state index in [2.05, 4.69) is 47.8 Å². The number of carbonyl (C=O) groups is 3. The van der Waals surface area contributed by atoms with Crippen molar-refractivity contribution in [2.75, 3.05) is 19.8 Å². The van der Waals surface area contributed by atoms with Crippen molar-refractivity contribution in [3.05, 3.63) is 0 Å². The van der Waals surface area contributed by atoms with Crippen LogP contribution in [-0.4, -0.2) is 52.2 Å². The lowest BCUT2D eigenvalue weighted by Gasteiger charge is -2.32. The summed E-state index contributed by atoms with van der Waals surface area (Å²) in [6.45, 7) is 13.3. The number of rotatable bonds is 16. The molecule has 0 aliphatic rings. The van der Waals surface area contributed by atoms with Crippen LogP contribution in [0.2, 0.25) is 0 Å². The molecule has 0 N–H and O–H groups in total. The molecule has 0 heterocycles. The van der Waals surface area contributed by atoms with Crippen molar-refractivity contribution in [2.45, 2.75) is 88.6 Å². The number of ether oxygens (including phenoxy) is 3. The van der Waals surface area contributed by atoms with E-state index in [0.29, 0.717) is 25.7 Å². The average molecular weight is 665 g/mol. The summed E-state index contributed by atoms with van der Waals surface area (Å²) in [5.74, 6) is -1.79. The van der Waals surface area contributed by atoms with Crippen LogP contribution >= 0.6 is 47.8 Å². The van der Waals surface area contributed by atoms with Gasteiger partial charge in [0.1, 0.15) is 19.8 Å². The van der Waals surface area contributed by atoms with Gasteiger partial charge in [-0.2, -0.15) is 0 Å². The molecule has 0 saturated heterocycles. The molecule has 6 nitrogen and oxygen atoms in total. The van der Waals surface area contributed by atoms with Gasteiger partial charge in [-0.1, -0.05) is 96.3 Å². The Morgan fingerprint density at radius 1 is 0.606 bits per heavy atom. The van der Waals surface area contributed by atoms with E-state index in [1.807, 2.05) is 48.5 Å². The third-order valence-corrected chi connectivity index (χ3v) is 6.68. The van der Waals surface area contributed by atoms with E-state index in [1.165, 1.54) is 0 Å². The molecule has 0 aliphatic heterocycles. The zero-order valence-electron chi connectivity index (χ0n) is 21.0. The molecule has 0 aromatic heterocycles. The van der Waals surface area contributed by atoms with E-state index in [0.717, 1.165) is 0 Å². The van der Waals surface area contributed by atoms with Crippen molar-refractivity contribution in [1.82, 2.24) is 0 Å². The second kappa shape index (κ2) is 16.5. The van der Waals surface area contributed by atoms with Crippen molar-refractivity contribution in [2.24, 2.45) is 23.2 Å². The highest BCUT2D eigenvalue weighted by molar-refractivity contribution is 9.10. The summed E-state index contributed by atoms with van der Waals surface area (Å²) in [7, 11) is 0. The van der Waals surface area contributed by atoms with Gasteiger partial charge in [-0.15, -0.1) is 0 Å². The van der Waals surface area contributed by atoms with Gasteiger partial charge in [0.15, 0.2) is 0 Å². The number of carbonyl (C=O) groups excluding carboxylic acids is 3. The molecule has 0 saturated carbocycles. The zero-order chi connectivity index (χ0) is 25.8. The molecule has 6 unspecified atom stereocenters. The first-order chi connectivity index (χ1) is 15.2. The van der Waals surface area contributed by atoms with Crippen LogP contribution in [0, 0.1) is 23.2 Å². The molecule has 6 atom stereocenters. The molecule has 0 bridgehead atoms. The van der Waals surface area contributed by atoms with Gasteiger partial charge in [-0.05, 0) is 25.7 Å². The Bertz CT molecular complexity index is 530. The molecule has 0 radical (unpaired) electrons. The predicted octanol–water partition coefficient (Wildman–Crippen LogP) is 6.44. The number of hydrogen-bond donors (Lipinski definition) is 0. The molecule has 0 aliphatic carbocycles. The highest BCUT2D eigenvalue weighted by atomic mass is 79.9. The molecule has 0 amide bonds. The smallest absolute Gasteiger partial charge is 0.308 e. The summed E-state index contributed by atoms with van der Waals surface area (Å²) >= 11 is 10.4. The summed E-state index contributed by atoms with van der Waals surface area (Å²) in [6, 6.07) is 0. The third-order valence-electron chi connectivity index (χ3n) is 5.55. The lowest BCUT2D eigenvalue weighted by molar-refractivity contribution is -0.167. The Morgan fingerprint density at radius 3 is 1.03 bits per heavy atom. The quantitative estimate of drug-likeness (QED) is 0.107. The van der Waals surface area contributed by atoms with Gasteiger partial charge in [-0.3, -0.25) is 14.4 Å². The molecule has 194 valence electrons. The predicted molar refractivity (Wildman–Crippen MR) is 142 cm³/mol. The fourth-order valence-electron chi connectivity index (χ4n) is 3.28. The van der Waals surface area contributed by atoms with Crippen molar-refractivity contribution in [3.8, 4) is 0 Å². The van der Waals surface area contributed by atoms with Crippen LogP contribution in [0.4, 0.5) is 0 Å². The second-order valence-electron chi connectivity index (χ2n) is 9.43. The minimum Gasteiger partial charge on any atom is -0.465 e. The second-order valence-corrected chi connectivity index (χ2v) is 14.1. The Morgan fingerprint density at radius 2 is 0.848 bits per heavy atom. The zero-order valence-corrected chi connectivity index (χ0v) is 25.8. The van der Waals surface area contributed by atoms with E-state index >= 15 is 0 Å². The van der Waals surface area contributed by atoms with Crippen molar-refractivity contribution >= 4 is 65.7 Å². The molecule has 0 rings (SSSR count). The van der Waals surface area contributed by atoms with Gasteiger partial charge in [-0.25, -0.2) is 0 Å². The van der Waals surface area contributed by atoms with Gasteiger partial charge < -0.3 is 14.2 Å². The molecule has 0 spiro atoms. The average Bonchev–Trinajstić information content (AvgIpc) is 2.71. The number of alkyl halides is 3. The van der Waals surface area contributed by atoms with E-state index < -0.39 is 5.41 Å². The normalized spacial score (nSPS) is 18.7. The van der Waals surface area contributed by atoms with Gasteiger partial charge in [0.2, 0.25) is 0 Å². The van der Waals surface area contributed by atoms with Crippen LogP contribution in [-0.2, 0) is 28.6 Å². The molecule has 0 aromatic rings. The molecule has 33 heavy (non-hydrogen) atoms. The first kappa shape index (κ1) is 32.8. The highest BCUT2D eigenvalue weighted by Gasteiger charge is 2.36. The monoisotopic (exact) mass is 662 g/mol.